The summed E-state index contributed by atoms with van der Waals surface area (Å²) in [6, 6.07) is 0. The Bertz CT molecular complexity index is 221. The van der Waals surface area contributed by atoms with E-state index in [-0.39, 0.29) is 12.1 Å². The zero-order valence-corrected chi connectivity index (χ0v) is 9.88. The fourth-order valence-corrected chi connectivity index (χ4v) is 1.61. The number of ether oxygens (including phenoxy) is 3. The smallest absolute Gasteiger partial charge is 0.305 e. The maximum absolute atomic E-state index is 11.1. The van der Waals surface area contributed by atoms with Crippen LogP contribution in [0, 0.1) is 0 Å². The number of carbonyl (C=O) groups excluding carboxylic acids is 1. The van der Waals surface area contributed by atoms with Crippen molar-refractivity contribution in [1.82, 2.24) is 0 Å². The van der Waals surface area contributed by atoms with E-state index in [0.717, 1.165) is 0 Å². The molecule has 88 valence electrons. The highest BCUT2D eigenvalue weighted by molar-refractivity contribution is 6.18. The van der Waals surface area contributed by atoms with Crippen molar-refractivity contribution in [3.05, 3.63) is 0 Å². The van der Waals surface area contributed by atoms with Gasteiger partial charge in [-0.3, -0.25) is 4.79 Å². The Hall–Kier alpha value is -0.320. The summed E-state index contributed by atoms with van der Waals surface area (Å²) in [6.07, 6.45) is 0.734. The zero-order valence-electron chi connectivity index (χ0n) is 9.12. The van der Waals surface area contributed by atoms with E-state index in [1.54, 1.807) is 6.92 Å². The molecule has 0 unspecified atom stereocenters. The van der Waals surface area contributed by atoms with Crippen LogP contribution in [0.25, 0.3) is 0 Å². The van der Waals surface area contributed by atoms with Crippen LogP contribution in [0.1, 0.15) is 26.7 Å². The van der Waals surface area contributed by atoms with Crippen LogP contribution < -0.4 is 0 Å². The second-order valence-corrected chi connectivity index (χ2v) is 3.95. The van der Waals surface area contributed by atoms with E-state index < -0.39 is 5.79 Å². The fraction of sp³-hybridized carbons (Fsp3) is 0.900. The van der Waals surface area contributed by atoms with Crippen molar-refractivity contribution in [2.24, 2.45) is 0 Å². The maximum Gasteiger partial charge on any atom is 0.305 e. The molecule has 0 N–H and O–H groups in total. The molecule has 1 aliphatic rings. The molecule has 1 aliphatic heterocycles. The molecule has 0 aliphatic carbocycles. The highest BCUT2D eigenvalue weighted by Gasteiger charge is 2.36. The first kappa shape index (κ1) is 12.7. The standard InChI is InChI=1S/C10H17ClO4/c1-3-13-9(12)4-5-10(2)14-7-8(6-11)15-10/h8H,3-7H2,1-2H3/t8-,10+/m0/s1. The van der Waals surface area contributed by atoms with E-state index >= 15 is 0 Å². The summed E-state index contributed by atoms with van der Waals surface area (Å²) in [5.74, 6) is -0.498. The predicted octanol–water partition coefficient (Wildman–Crippen LogP) is 1.70. The van der Waals surface area contributed by atoms with Crippen LogP contribution in [-0.2, 0) is 19.0 Å². The van der Waals surface area contributed by atoms with Crippen molar-refractivity contribution >= 4 is 17.6 Å². The summed E-state index contributed by atoms with van der Waals surface area (Å²) >= 11 is 5.65. The third kappa shape index (κ3) is 3.97. The molecular weight excluding hydrogens is 220 g/mol. The van der Waals surface area contributed by atoms with Crippen molar-refractivity contribution in [2.75, 3.05) is 19.1 Å². The third-order valence-electron chi connectivity index (χ3n) is 2.25. The monoisotopic (exact) mass is 236 g/mol. The van der Waals surface area contributed by atoms with Crippen LogP contribution in [0.15, 0.2) is 0 Å². The second kappa shape index (κ2) is 5.68. The van der Waals surface area contributed by atoms with Crippen LogP contribution in [0.3, 0.4) is 0 Å². The van der Waals surface area contributed by atoms with Gasteiger partial charge in [0.1, 0.15) is 0 Å². The molecule has 0 aromatic carbocycles. The van der Waals surface area contributed by atoms with E-state index in [1.165, 1.54) is 0 Å². The first-order valence-electron chi connectivity index (χ1n) is 5.13. The van der Waals surface area contributed by atoms with Crippen LogP contribution in [-0.4, -0.2) is 37.0 Å². The van der Waals surface area contributed by atoms with Gasteiger partial charge in [0.25, 0.3) is 0 Å². The molecule has 0 radical (unpaired) electrons. The minimum absolute atomic E-state index is 0.0705. The molecule has 0 aromatic heterocycles. The molecule has 1 fully saturated rings. The van der Waals surface area contributed by atoms with Gasteiger partial charge >= 0.3 is 5.97 Å². The van der Waals surface area contributed by atoms with E-state index in [0.29, 0.717) is 31.9 Å². The van der Waals surface area contributed by atoms with Crippen molar-refractivity contribution in [3.63, 3.8) is 0 Å². The Morgan fingerprint density at radius 3 is 2.93 bits per heavy atom. The number of halogens is 1. The lowest BCUT2D eigenvalue weighted by Crippen LogP contribution is -2.28. The van der Waals surface area contributed by atoms with Crippen molar-refractivity contribution in [3.8, 4) is 0 Å². The van der Waals surface area contributed by atoms with Gasteiger partial charge in [-0.25, -0.2) is 0 Å². The lowest BCUT2D eigenvalue weighted by molar-refractivity contribution is -0.166. The molecule has 5 heteroatoms. The predicted molar refractivity (Wildman–Crippen MR) is 55.8 cm³/mol. The molecule has 0 aromatic rings. The summed E-state index contributed by atoms with van der Waals surface area (Å²) in [5, 5.41) is 0. The Labute approximate surface area is 94.8 Å². The molecule has 1 rings (SSSR count). The molecule has 1 heterocycles. The normalized spacial score (nSPS) is 30.5. The van der Waals surface area contributed by atoms with Gasteiger partial charge in [0, 0.05) is 6.42 Å². The molecule has 2 atom stereocenters. The number of alkyl halides is 1. The molecule has 15 heavy (non-hydrogen) atoms. The van der Waals surface area contributed by atoms with Crippen LogP contribution in [0.4, 0.5) is 0 Å². The largest absolute Gasteiger partial charge is 0.466 e. The fourth-order valence-electron chi connectivity index (χ4n) is 1.46. The van der Waals surface area contributed by atoms with E-state index in [4.69, 9.17) is 25.8 Å². The van der Waals surface area contributed by atoms with Gasteiger partial charge in [-0.2, -0.15) is 0 Å². The summed E-state index contributed by atoms with van der Waals surface area (Å²) in [4.78, 5) is 11.1. The average Bonchev–Trinajstić information content (AvgIpc) is 2.59. The van der Waals surface area contributed by atoms with Crippen molar-refractivity contribution in [2.45, 2.75) is 38.6 Å². The molecule has 0 amide bonds. The molecular formula is C10H17ClO4. The van der Waals surface area contributed by atoms with E-state index in [2.05, 4.69) is 0 Å². The lowest BCUT2D eigenvalue weighted by Gasteiger charge is -2.22. The van der Waals surface area contributed by atoms with Gasteiger partial charge in [0.15, 0.2) is 5.79 Å². The summed E-state index contributed by atoms with van der Waals surface area (Å²) in [6.45, 7) is 4.49. The first-order valence-corrected chi connectivity index (χ1v) is 5.66. The van der Waals surface area contributed by atoms with E-state index in [9.17, 15) is 4.79 Å². The maximum atomic E-state index is 11.1. The van der Waals surface area contributed by atoms with Gasteiger partial charge in [0.2, 0.25) is 0 Å². The molecule has 0 bridgehead atoms. The van der Waals surface area contributed by atoms with Gasteiger partial charge in [0.05, 0.1) is 31.6 Å². The van der Waals surface area contributed by atoms with Crippen molar-refractivity contribution in [1.29, 1.82) is 0 Å². The minimum atomic E-state index is -0.688. The Morgan fingerprint density at radius 1 is 1.67 bits per heavy atom. The zero-order chi connectivity index (χ0) is 11.3. The number of rotatable bonds is 5. The molecule has 0 saturated carbocycles. The second-order valence-electron chi connectivity index (χ2n) is 3.64. The number of esters is 1. The van der Waals surface area contributed by atoms with Crippen LogP contribution in [0.5, 0.6) is 0 Å². The topological polar surface area (TPSA) is 44.8 Å². The summed E-state index contributed by atoms with van der Waals surface area (Å²) < 4.78 is 15.8. The molecule has 4 nitrogen and oxygen atoms in total. The highest BCUT2D eigenvalue weighted by atomic mass is 35.5. The Morgan fingerprint density at radius 2 is 2.40 bits per heavy atom. The summed E-state index contributed by atoms with van der Waals surface area (Å²) in [5.41, 5.74) is 0. The SMILES string of the molecule is CCOC(=O)CC[C@]1(C)OC[C@H](CCl)O1. The highest BCUT2D eigenvalue weighted by Crippen LogP contribution is 2.28. The minimum Gasteiger partial charge on any atom is -0.466 e. The van der Waals surface area contributed by atoms with Crippen molar-refractivity contribution < 1.29 is 19.0 Å². The lowest BCUT2D eigenvalue weighted by atomic mass is 10.2. The van der Waals surface area contributed by atoms with Gasteiger partial charge in [-0.05, 0) is 13.8 Å². The van der Waals surface area contributed by atoms with Gasteiger partial charge < -0.3 is 14.2 Å². The third-order valence-corrected chi connectivity index (χ3v) is 2.60. The van der Waals surface area contributed by atoms with Crippen LogP contribution >= 0.6 is 11.6 Å². The van der Waals surface area contributed by atoms with Gasteiger partial charge in [-0.15, -0.1) is 11.6 Å². The Kier molecular flexibility index (Phi) is 4.83. The number of carbonyl (C=O) groups is 1. The van der Waals surface area contributed by atoms with E-state index in [1.807, 2.05) is 6.92 Å². The number of hydrogen-bond acceptors (Lipinski definition) is 4. The number of hydrogen-bond donors (Lipinski definition) is 0. The Balaban J connectivity index is 2.29. The summed E-state index contributed by atoms with van der Waals surface area (Å²) in [7, 11) is 0. The molecule has 1 saturated heterocycles. The quantitative estimate of drug-likeness (QED) is 0.538. The molecule has 0 spiro atoms. The average molecular weight is 237 g/mol. The first-order chi connectivity index (χ1) is 7.09. The van der Waals surface area contributed by atoms with Crippen LogP contribution in [0.2, 0.25) is 0 Å². The van der Waals surface area contributed by atoms with Gasteiger partial charge in [-0.1, -0.05) is 0 Å².